The van der Waals surface area contributed by atoms with Crippen molar-refractivity contribution in [1.29, 1.82) is 0 Å². The SMILES string of the molecule is COCC1CCCN1NC(=O)C1CCCN1C(=O)Cc1ccc2ccccc2c1. The zero-order valence-electron chi connectivity index (χ0n) is 17.0. The van der Waals surface area contributed by atoms with E-state index in [9.17, 15) is 9.59 Å². The fraction of sp³-hybridized carbons (Fsp3) is 0.478. The second kappa shape index (κ2) is 8.93. The molecule has 6 heteroatoms. The van der Waals surface area contributed by atoms with E-state index < -0.39 is 0 Å². The van der Waals surface area contributed by atoms with E-state index >= 15 is 0 Å². The van der Waals surface area contributed by atoms with Gasteiger partial charge < -0.3 is 9.64 Å². The molecule has 6 nitrogen and oxygen atoms in total. The zero-order valence-corrected chi connectivity index (χ0v) is 17.0. The van der Waals surface area contributed by atoms with E-state index in [0.29, 0.717) is 19.6 Å². The van der Waals surface area contributed by atoms with Crippen LogP contribution in [0.3, 0.4) is 0 Å². The molecule has 2 amide bonds. The Morgan fingerprint density at radius 1 is 1.07 bits per heavy atom. The summed E-state index contributed by atoms with van der Waals surface area (Å²) < 4.78 is 5.26. The average Bonchev–Trinajstić information content (AvgIpc) is 3.38. The van der Waals surface area contributed by atoms with E-state index in [1.165, 1.54) is 5.39 Å². The number of carbonyl (C=O) groups is 2. The van der Waals surface area contributed by atoms with Crippen molar-refractivity contribution in [1.82, 2.24) is 15.3 Å². The molecule has 0 aliphatic carbocycles. The first-order valence-corrected chi connectivity index (χ1v) is 10.5. The molecule has 2 atom stereocenters. The molecular formula is C23H29N3O3. The van der Waals surface area contributed by atoms with Crippen LogP contribution in [0.4, 0.5) is 0 Å². The number of methoxy groups -OCH3 is 1. The van der Waals surface area contributed by atoms with Gasteiger partial charge in [0.25, 0.3) is 5.91 Å². The molecule has 2 aliphatic rings. The highest BCUT2D eigenvalue weighted by atomic mass is 16.5. The maximum absolute atomic E-state index is 13.0. The predicted molar refractivity (Wildman–Crippen MR) is 112 cm³/mol. The molecular weight excluding hydrogens is 366 g/mol. The molecule has 2 saturated heterocycles. The highest BCUT2D eigenvalue weighted by Crippen LogP contribution is 2.22. The van der Waals surface area contributed by atoms with Crippen LogP contribution >= 0.6 is 0 Å². The normalized spacial score (nSPS) is 22.3. The Hall–Kier alpha value is -2.44. The van der Waals surface area contributed by atoms with Crippen molar-refractivity contribution in [3.05, 3.63) is 48.0 Å². The highest BCUT2D eigenvalue weighted by Gasteiger charge is 2.36. The standard InChI is InChI=1S/C23H29N3O3/c1-29-16-20-8-4-13-26(20)24-23(28)21-9-5-12-25(21)22(27)15-17-10-11-18-6-2-3-7-19(18)14-17/h2-3,6-7,10-11,14,20-21H,4-5,8-9,12-13,15-16H2,1H3,(H,24,28). The molecule has 2 fully saturated rings. The van der Waals surface area contributed by atoms with E-state index in [2.05, 4.69) is 29.7 Å². The van der Waals surface area contributed by atoms with Crippen LogP contribution in [-0.4, -0.2) is 60.6 Å². The lowest BCUT2D eigenvalue weighted by Crippen LogP contribution is -2.53. The van der Waals surface area contributed by atoms with Crippen LogP contribution in [0.15, 0.2) is 42.5 Å². The van der Waals surface area contributed by atoms with E-state index in [1.807, 2.05) is 23.2 Å². The summed E-state index contributed by atoms with van der Waals surface area (Å²) in [6.07, 6.45) is 3.97. The lowest BCUT2D eigenvalue weighted by atomic mass is 10.0. The van der Waals surface area contributed by atoms with Crippen LogP contribution in [0.5, 0.6) is 0 Å². The number of nitrogens with zero attached hydrogens (tertiary/aromatic N) is 2. The lowest BCUT2D eigenvalue weighted by Gasteiger charge is -2.29. The molecule has 154 valence electrons. The van der Waals surface area contributed by atoms with Gasteiger partial charge in [0.15, 0.2) is 0 Å². The summed E-state index contributed by atoms with van der Waals surface area (Å²) in [5, 5.41) is 4.28. The average molecular weight is 396 g/mol. The van der Waals surface area contributed by atoms with Crippen LogP contribution in [0.25, 0.3) is 10.8 Å². The van der Waals surface area contributed by atoms with E-state index in [-0.39, 0.29) is 23.9 Å². The number of benzene rings is 2. The number of rotatable bonds is 6. The summed E-state index contributed by atoms with van der Waals surface area (Å²) in [7, 11) is 1.68. The number of nitrogens with one attached hydrogen (secondary N) is 1. The number of fused-ring (bicyclic) bond motifs is 1. The Bertz CT molecular complexity index is 885. The van der Waals surface area contributed by atoms with Crippen LogP contribution in [0, 0.1) is 0 Å². The Labute approximate surface area is 171 Å². The van der Waals surface area contributed by atoms with Gasteiger partial charge in [-0.05, 0) is 42.0 Å². The van der Waals surface area contributed by atoms with Crippen LogP contribution in [-0.2, 0) is 20.7 Å². The van der Waals surface area contributed by atoms with Crippen LogP contribution in [0.1, 0.15) is 31.2 Å². The molecule has 2 aromatic rings. The first-order chi connectivity index (χ1) is 14.2. The van der Waals surface area contributed by atoms with Crippen molar-refractivity contribution < 1.29 is 14.3 Å². The van der Waals surface area contributed by atoms with Gasteiger partial charge in [0, 0.05) is 20.2 Å². The molecule has 0 aromatic heterocycles. The van der Waals surface area contributed by atoms with Crippen molar-refractivity contribution in [2.45, 2.75) is 44.2 Å². The Morgan fingerprint density at radius 3 is 2.69 bits per heavy atom. The van der Waals surface area contributed by atoms with Crippen molar-refractivity contribution >= 4 is 22.6 Å². The summed E-state index contributed by atoms with van der Waals surface area (Å²) in [5.41, 5.74) is 4.03. The van der Waals surface area contributed by atoms with Crippen molar-refractivity contribution in [2.24, 2.45) is 0 Å². The highest BCUT2D eigenvalue weighted by molar-refractivity contribution is 5.90. The van der Waals surface area contributed by atoms with E-state index in [4.69, 9.17) is 4.74 Å². The lowest BCUT2D eigenvalue weighted by molar-refractivity contribution is -0.140. The van der Waals surface area contributed by atoms with Gasteiger partial charge in [0.1, 0.15) is 6.04 Å². The molecule has 0 spiro atoms. The van der Waals surface area contributed by atoms with Gasteiger partial charge in [-0.1, -0.05) is 42.5 Å². The summed E-state index contributed by atoms with van der Waals surface area (Å²) in [5.74, 6) is -0.0508. The van der Waals surface area contributed by atoms with Crippen molar-refractivity contribution in [3.8, 4) is 0 Å². The van der Waals surface area contributed by atoms with Gasteiger partial charge >= 0.3 is 0 Å². The van der Waals surface area contributed by atoms with Crippen molar-refractivity contribution in [3.63, 3.8) is 0 Å². The second-order valence-electron chi connectivity index (χ2n) is 8.02. The minimum absolute atomic E-state index is 0.0211. The van der Waals surface area contributed by atoms with E-state index in [1.54, 1.807) is 12.0 Å². The third-order valence-corrected chi connectivity index (χ3v) is 6.04. The van der Waals surface area contributed by atoms with Gasteiger partial charge in [-0.15, -0.1) is 0 Å². The summed E-state index contributed by atoms with van der Waals surface area (Å²) in [6, 6.07) is 14.1. The fourth-order valence-corrected chi connectivity index (χ4v) is 4.53. The van der Waals surface area contributed by atoms with Gasteiger partial charge in [-0.3, -0.25) is 15.0 Å². The number of ether oxygens (including phenoxy) is 1. The number of hydrogen-bond acceptors (Lipinski definition) is 4. The molecule has 0 bridgehead atoms. The zero-order chi connectivity index (χ0) is 20.2. The van der Waals surface area contributed by atoms with Gasteiger partial charge in [0.2, 0.25) is 5.91 Å². The van der Waals surface area contributed by atoms with E-state index in [0.717, 1.165) is 43.2 Å². The summed E-state index contributed by atoms with van der Waals surface area (Å²) in [4.78, 5) is 27.6. The third-order valence-electron chi connectivity index (χ3n) is 6.04. The molecule has 2 heterocycles. The molecule has 2 unspecified atom stereocenters. The first-order valence-electron chi connectivity index (χ1n) is 10.5. The molecule has 29 heavy (non-hydrogen) atoms. The smallest absolute Gasteiger partial charge is 0.257 e. The largest absolute Gasteiger partial charge is 0.383 e. The Morgan fingerprint density at radius 2 is 1.86 bits per heavy atom. The van der Waals surface area contributed by atoms with Gasteiger partial charge in [0.05, 0.1) is 19.1 Å². The summed E-state index contributed by atoms with van der Waals surface area (Å²) in [6.45, 7) is 2.08. The number of likely N-dealkylation sites (tertiary alicyclic amines) is 1. The third kappa shape index (κ3) is 4.43. The van der Waals surface area contributed by atoms with Gasteiger partial charge in [-0.25, -0.2) is 5.01 Å². The van der Waals surface area contributed by atoms with Crippen LogP contribution < -0.4 is 5.43 Å². The molecule has 2 aliphatic heterocycles. The maximum atomic E-state index is 13.0. The summed E-state index contributed by atoms with van der Waals surface area (Å²) >= 11 is 0. The number of carbonyl (C=O) groups excluding carboxylic acids is 2. The fourth-order valence-electron chi connectivity index (χ4n) is 4.53. The monoisotopic (exact) mass is 395 g/mol. The molecule has 0 saturated carbocycles. The first kappa shape index (κ1) is 19.9. The number of hydrazine groups is 1. The Balaban J connectivity index is 1.40. The maximum Gasteiger partial charge on any atom is 0.257 e. The quantitative estimate of drug-likeness (QED) is 0.817. The predicted octanol–water partition coefficient (Wildman–Crippen LogP) is 2.52. The van der Waals surface area contributed by atoms with Gasteiger partial charge in [-0.2, -0.15) is 0 Å². The molecule has 2 aromatic carbocycles. The minimum Gasteiger partial charge on any atom is -0.383 e. The Kier molecular flexibility index (Phi) is 6.11. The minimum atomic E-state index is -0.383. The molecule has 4 rings (SSSR count). The second-order valence-corrected chi connectivity index (χ2v) is 8.02. The van der Waals surface area contributed by atoms with Crippen molar-refractivity contribution in [2.75, 3.05) is 26.8 Å². The molecule has 0 radical (unpaired) electrons. The molecule has 1 N–H and O–H groups in total. The number of amides is 2. The van der Waals surface area contributed by atoms with Crippen LogP contribution in [0.2, 0.25) is 0 Å². The topological polar surface area (TPSA) is 61.9 Å². The number of hydrogen-bond donors (Lipinski definition) is 1.